The van der Waals surface area contributed by atoms with Crippen LogP contribution in [0.25, 0.3) is 65.5 Å². The van der Waals surface area contributed by atoms with Crippen LogP contribution in [-0.2, 0) is 12.8 Å². The molecule has 1 aliphatic carbocycles. The standard InChI is InChI=1S/C35H23N3S/c1-3-11-24(12-4-1)33-36-34(25-13-5-2-6-14-25)38-35(37-33)28-17-9-16-27-31-29(39-32(27)28)21-20-23-19-18-22-10-7-8-15-26(22)30(23)31/h1-17,20-21H,18-19H2. The lowest BCUT2D eigenvalue weighted by Gasteiger charge is -2.21. The Morgan fingerprint density at radius 1 is 0.487 bits per heavy atom. The first-order chi connectivity index (χ1) is 19.3. The number of thiophene rings is 1. The van der Waals surface area contributed by atoms with Gasteiger partial charge in [0.05, 0.1) is 0 Å². The highest BCUT2D eigenvalue weighted by Gasteiger charge is 2.22. The summed E-state index contributed by atoms with van der Waals surface area (Å²) in [6.45, 7) is 0. The van der Waals surface area contributed by atoms with E-state index in [2.05, 4.69) is 78.9 Å². The van der Waals surface area contributed by atoms with Crippen LogP contribution >= 0.6 is 11.3 Å². The van der Waals surface area contributed by atoms with Gasteiger partial charge in [0, 0.05) is 36.9 Å². The van der Waals surface area contributed by atoms with Gasteiger partial charge in [0.25, 0.3) is 0 Å². The first kappa shape index (κ1) is 22.3. The third-order valence-corrected chi connectivity index (χ3v) is 8.84. The molecule has 2 aromatic heterocycles. The summed E-state index contributed by atoms with van der Waals surface area (Å²) in [5, 5.41) is 2.62. The van der Waals surface area contributed by atoms with E-state index < -0.39 is 0 Å². The van der Waals surface area contributed by atoms with Crippen LogP contribution in [0.3, 0.4) is 0 Å². The smallest absolute Gasteiger partial charge is 0.165 e. The first-order valence-corrected chi connectivity index (χ1v) is 14.1. The zero-order valence-corrected chi connectivity index (χ0v) is 22.0. The molecule has 8 rings (SSSR count). The molecule has 2 heterocycles. The summed E-state index contributed by atoms with van der Waals surface area (Å²) in [7, 11) is 0. The van der Waals surface area contributed by atoms with E-state index >= 15 is 0 Å². The van der Waals surface area contributed by atoms with Crippen molar-refractivity contribution < 1.29 is 0 Å². The van der Waals surface area contributed by atoms with Crippen LogP contribution in [0.15, 0.2) is 115 Å². The minimum atomic E-state index is 0.684. The van der Waals surface area contributed by atoms with E-state index in [1.54, 1.807) is 0 Å². The van der Waals surface area contributed by atoms with E-state index in [1.807, 2.05) is 47.7 Å². The molecule has 0 N–H and O–H groups in total. The fraction of sp³-hybridized carbons (Fsp3) is 0.0571. The number of aromatic nitrogens is 3. The third-order valence-electron chi connectivity index (χ3n) is 7.64. The van der Waals surface area contributed by atoms with Gasteiger partial charge in [-0.15, -0.1) is 11.3 Å². The number of aryl methyl sites for hydroxylation is 2. The number of benzene rings is 5. The Kier molecular flexibility index (Phi) is 5.13. The Hall–Kier alpha value is -4.67. The van der Waals surface area contributed by atoms with Gasteiger partial charge in [-0.1, -0.05) is 103 Å². The molecule has 0 fully saturated rings. The molecule has 0 bridgehead atoms. The summed E-state index contributed by atoms with van der Waals surface area (Å²) in [5.41, 5.74) is 8.63. The highest BCUT2D eigenvalue weighted by atomic mass is 32.1. The predicted molar refractivity (Wildman–Crippen MR) is 162 cm³/mol. The molecule has 0 saturated heterocycles. The highest BCUT2D eigenvalue weighted by Crippen LogP contribution is 2.47. The number of rotatable bonds is 3. The maximum Gasteiger partial charge on any atom is 0.165 e. The van der Waals surface area contributed by atoms with Gasteiger partial charge >= 0.3 is 0 Å². The molecule has 1 aliphatic rings. The zero-order chi connectivity index (χ0) is 25.8. The summed E-state index contributed by atoms with van der Waals surface area (Å²) >= 11 is 1.83. The summed E-state index contributed by atoms with van der Waals surface area (Å²) in [6, 6.07) is 40.4. The molecular weight excluding hydrogens is 494 g/mol. The Morgan fingerprint density at radius 3 is 1.85 bits per heavy atom. The predicted octanol–water partition coefficient (Wildman–Crippen LogP) is 9.01. The van der Waals surface area contributed by atoms with Crippen molar-refractivity contribution >= 4 is 31.5 Å². The van der Waals surface area contributed by atoms with Gasteiger partial charge in [-0.05, 0) is 47.2 Å². The highest BCUT2D eigenvalue weighted by molar-refractivity contribution is 7.26. The first-order valence-electron chi connectivity index (χ1n) is 13.3. The van der Waals surface area contributed by atoms with Crippen LogP contribution in [0.4, 0.5) is 0 Å². The molecule has 0 spiro atoms. The molecule has 184 valence electrons. The van der Waals surface area contributed by atoms with Crippen molar-refractivity contribution in [3.63, 3.8) is 0 Å². The summed E-state index contributed by atoms with van der Waals surface area (Å²) in [4.78, 5) is 14.9. The van der Waals surface area contributed by atoms with Crippen molar-refractivity contribution in [3.05, 3.63) is 126 Å². The molecule has 0 amide bonds. The van der Waals surface area contributed by atoms with Crippen molar-refractivity contribution in [2.75, 3.05) is 0 Å². The van der Waals surface area contributed by atoms with Crippen LogP contribution in [0, 0.1) is 0 Å². The van der Waals surface area contributed by atoms with Crippen molar-refractivity contribution in [1.82, 2.24) is 15.0 Å². The zero-order valence-electron chi connectivity index (χ0n) is 21.1. The molecule has 5 aromatic carbocycles. The van der Waals surface area contributed by atoms with Gasteiger partial charge in [0.1, 0.15) is 0 Å². The fourth-order valence-electron chi connectivity index (χ4n) is 5.81. The van der Waals surface area contributed by atoms with E-state index in [4.69, 9.17) is 15.0 Å². The quantitative estimate of drug-likeness (QED) is 0.235. The molecule has 4 heteroatoms. The Labute approximate surface area is 230 Å². The largest absolute Gasteiger partial charge is 0.208 e. The van der Waals surface area contributed by atoms with Crippen LogP contribution in [0.1, 0.15) is 11.1 Å². The van der Waals surface area contributed by atoms with Crippen molar-refractivity contribution in [3.8, 4) is 45.3 Å². The lowest BCUT2D eigenvalue weighted by Crippen LogP contribution is -2.03. The van der Waals surface area contributed by atoms with Crippen LogP contribution < -0.4 is 0 Å². The van der Waals surface area contributed by atoms with Crippen molar-refractivity contribution in [2.24, 2.45) is 0 Å². The second kappa shape index (κ2) is 8.97. The van der Waals surface area contributed by atoms with Crippen molar-refractivity contribution in [2.45, 2.75) is 12.8 Å². The second-order valence-corrected chi connectivity index (χ2v) is 11.0. The average molecular weight is 518 g/mol. The minimum Gasteiger partial charge on any atom is -0.208 e. The minimum absolute atomic E-state index is 0.684. The van der Waals surface area contributed by atoms with Gasteiger partial charge in [-0.2, -0.15) is 0 Å². The van der Waals surface area contributed by atoms with Gasteiger partial charge in [-0.25, -0.2) is 15.0 Å². The lowest BCUT2D eigenvalue weighted by molar-refractivity contribution is 0.945. The Balaban J connectivity index is 1.40. The molecule has 0 aliphatic heterocycles. The molecular formula is C35H23N3S. The van der Waals surface area contributed by atoms with Crippen LogP contribution in [-0.4, -0.2) is 15.0 Å². The third kappa shape index (κ3) is 3.68. The van der Waals surface area contributed by atoms with Crippen LogP contribution in [0.2, 0.25) is 0 Å². The number of hydrogen-bond donors (Lipinski definition) is 0. The van der Waals surface area contributed by atoms with Crippen molar-refractivity contribution in [1.29, 1.82) is 0 Å². The Morgan fingerprint density at radius 2 is 1.10 bits per heavy atom. The van der Waals surface area contributed by atoms with Crippen LogP contribution in [0.5, 0.6) is 0 Å². The summed E-state index contributed by atoms with van der Waals surface area (Å²) in [6.07, 6.45) is 2.17. The monoisotopic (exact) mass is 517 g/mol. The molecule has 7 aromatic rings. The lowest BCUT2D eigenvalue weighted by atomic mass is 9.83. The fourth-order valence-corrected chi connectivity index (χ4v) is 7.03. The number of fused-ring (bicyclic) bond motifs is 7. The van der Waals surface area contributed by atoms with Gasteiger partial charge < -0.3 is 0 Å². The SMILES string of the molecule is c1ccc(-c2nc(-c3ccccc3)nc(-c3cccc4c3sc3ccc5c(c34)-c3ccccc3CC5)n2)cc1. The molecule has 0 saturated carbocycles. The van der Waals surface area contributed by atoms with Gasteiger partial charge in [0.2, 0.25) is 0 Å². The van der Waals surface area contributed by atoms with Gasteiger partial charge in [-0.3, -0.25) is 0 Å². The topological polar surface area (TPSA) is 38.7 Å². The van der Waals surface area contributed by atoms with E-state index in [1.165, 1.54) is 42.4 Å². The van der Waals surface area contributed by atoms with E-state index in [0.717, 1.165) is 29.5 Å². The van der Waals surface area contributed by atoms with Gasteiger partial charge in [0.15, 0.2) is 17.5 Å². The maximum absolute atomic E-state index is 5.03. The molecule has 3 nitrogen and oxygen atoms in total. The normalized spacial score (nSPS) is 12.4. The molecule has 0 atom stereocenters. The average Bonchev–Trinajstić information content (AvgIpc) is 3.41. The van der Waals surface area contributed by atoms with E-state index in [9.17, 15) is 0 Å². The Bertz CT molecular complexity index is 1950. The van der Waals surface area contributed by atoms with E-state index in [0.29, 0.717) is 17.5 Å². The molecule has 0 radical (unpaired) electrons. The maximum atomic E-state index is 5.03. The molecule has 0 unspecified atom stereocenters. The molecule has 39 heavy (non-hydrogen) atoms. The number of hydrogen-bond acceptors (Lipinski definition) is 4. The number of nitrogens with zero attached hydrogens (tertiary/aromatic N) is 3. The summed E-state index contributed by atoms with van der Waals surface area (Å²) < 4.78 is 2.52. The summed E-state index contributed by atoms with van der Waals surface area (Å²) in [5.74, 6) is 2.07. The van der Waals surface area contributed by atoms with E-state index in [-0.39, 0.29) is 0 Å². The second-order valence-electron chi connectivity index (χ2n) is 9.95.